The van der Waals surface area contributed by atoms with Crippen molar-refractivity contribution in [1.82, 2.24) is 10.2 Å². The fourth-order valence-corrected chi connectivity index (χ4v) is 3.64. The number of nitrogens with zero attached hydrogens (tertiary/aromatic N) is 1. The largest absolute Gasteiger partial charge is 0.469 e. The third-order valence-electron chi connectivity index (χ3n) is 4.91. The van der Waals surface area contributed by atoms with Gasteiger partial charge in [-0.25, -0.2) is 0 Å². The number of nitrogens with one attached hydrogen (secondary N) is 1. The van der Waals surface area contributed by atoms with Crippen molar-refractivity contribution in [3.63, 3.8) is 0 Å². The number of aryl methyl sites for hydroxylation is 1. The van der Waals surface area contributed by atoms with Gasteiger partial charge in [-0.15, -0.1) is 0 Å². The summed E-state index contributed by atoms with van der Waals surface area (Å²) in [5.74, 6) is 1.09. The van der Waals surface area contributed by atoms with Gasteiger partial charge in [-0.2, -0.15) is 0 Å². The number of carbonyl (C=O) groups is 1. The Labute approximate surface area is 143 Å². The Balaban J connectivity index is 1.82. The number of amides is 1. The zero-order valence-electron chi connectivity index (χ0n) is 14.5. The van der Waals surface area contributed by atoms with Crippen LogP contribution < -0.4 is 5.32 Å². The molecule has 1 amide bonds. The Bertz CT molecular complexity index is 661. The molecule has 1 aliphatic rings. The molecular weight excluding hydrogens is 300 g/mol. The molecule has 1 heterocycles. The van der Waals surface area contributed by atoms with E-state index in [0.717, 1.165) is 49.2 Å². The molecule has 2 atom stereocenters. The van der Waals surface area contributed by atoms with Crippen molar-refractivity contribution in [2.75, 3.05) is 13.1 Å². The number of likely N-dealkylation sites (N-methyl/N-ethyl adjacent to an activating group) is 1. The predicted octanol–water partition coefficient (Wildman–Crippen LogP) is 3.86. The maximum Gasteiger partial charge on any atom is 0.242 e. The summed E-state index contributed by atoms with van der Waals surface area (Å²) in [6.45, 7) is 5.87. The van der Waals surface area contributed by atoms with Crippen molar-refractivity contribution in [2.45, 2.75) is 45.2 Å². The molecule has 3 rings (SSSR count). The van der Waals surface area contributed by atoms with E-state index in [9.17, 15) is 4.79 Å². The predicted molar refractivity (Wildman–Crippen MR) is 94.6 cm³/mol. The van der Waals surface area contributed by atoms with E-state index in [2.05, 4.69) is 24.1 Å². The SMILES string of the molecule is CCN(CC)[C@H](C(=O)N[C@H]1CCCc2occc21)c1ccccc1. The van der Waals surface area contributed by atoms with E-state index in [4.69, 9.17) is 4.42 Å². The number of furan rings is 1. The smallest absolute Gasteiger partial charge is 0.242 e. The Hall–Kier alpha value is -2.07. The lowest BCUT2D eigenvalue weighted by Gasteiger charge is -2.31. The lowest BCUT2D eigenvalue weighted by molar-refractivity contribution is -0.127. The highest BCUT2D eigenvalue weighted by Gasteiger charge is 2.30. The zero-order valence-corrected chi connectivity index (χ0v) is 14.5. The Morgan fingerprint density at radius 1 is 1.25 bits per heavy atom. The monoisotopic (exact) mass is 326 g/mol. The van der Waals surface area contributed by atoms with Crippen molar-refractivity contribution >= 4 is 5.91 Å². The molecule has 0 saturated carbocycles. The lowest BCUT2D eigenvalue weighted by Crippen LogP contribution is -2.42. The van der Waals surface area contributed by atoms with Crippen molar-refractivity contribution < 1.29 is 9.21 Å². The molecule has 0 aliphatic heterocycles. The molecule has 1 aromatic heterocycles. The molecule has 128 valence electrons. The van der Waals surface area contributed by atoms with Crippen LogP contribution in [0.25, 0.3) is 0 Å². The van der Waals surface area contributed by atoms with E-state index < -0.39 is 0 Å². The molecule has 0 fully saturated rings. The van der Waals surface area contributed by atoms with E-state index in [-0.39, 0.29) is 18.0 Å². The topological polar surface area (TPSA) is 45.5 Å². The summed E-state index contributed by atoms with van der Waals surface area (Å²) >= 11 is 0. The first kappa shape index (κ1) is 16.8. The second-order valence-corrected chi connectivity index (χ2v) is 6.29. The molecule has 0 radical (unpaired) electrons. The van der Waals surface area contributed by atoms with Crippen LogP contribution in [-0.4, -0.2) is 23.9 Å². The third kappa shape index (κ3) is 3.39. The molecule has 0 saturated heterocycles. The minimum Gasteiger partial charge on any atom is -0.469 e. The summed E-state index contributed by atoms with van der Waals surface area (Å²) in [4.78, 5) is 15.3. The van der Waals surface area contributed by atoms with Gasteiger partial charge in [-0.05, 0) is 37.6 Å². The van der Waals surface area contributed by atoms with Gasteiger partial charge in [0.1, 0.15) is 11.8 Å². The van der Waals surface area contributed by atoms with Crippen LogP contribution in [0.5, 0.6) is 0 Å². The molecule has 0 spiro atoms. The van der Waals surface area contributed by atoms with Gasteiger partial charge in [0, 0.05) is 12.0 Å². The van der Waals surface area contributed by atoms with Gasteiger partial charge in [-0.1, -0.05) is 44.2 Å². The molecule has 1 aromatic carbocycles. The third-order valence-corrected chi connectivity index (χ3v) is 4.91. The van der Waals surface area contributed by atoms with Crippen molar-refractivity contribution in [3.05, 3.63) is 59.5 Å². The van der Waals surface area contributed by atoms with Crippen LogP contribution in [0.1, 0.15) is 55.7 Å². The van der Waals surface area contributed by atoms with Gasteiger partial charge >= 0.3 is 0 Å². The van der Waals surface area contributed by atoms with Crippen LogP contribution in [0.3, 0.4) is 0 Å². The van der Waals surface area contributed by atoms with Gasteiger partial charge < -0.3 is 9.73 Å². The first-order valence-corrected chi connectivity index (χ1v) is 8.90. The minimum atomic E-state index is -0.251. The highest BCUT2D eigenvalue weighted by Crippen LogP contribution is 2.31. The molecule has 4 nitrogen and oxygen atoms in total. The number of fused-ring (bicyclic) bond motifs is 1. The van der Waals surface area contributed by atoms with Crippen LogP contribution >= 0.6 is 0 Å². The molecule has 4 heteroatoms. The Kier molecular flexibility index (Phi) is 5.36. The first-order chi connectivity index (χ1) is 11.7. The van der Waals surface area contributed by atoms with Crippen molar-refractivity contribution in [3.8, 4) is 0 Å². The molecule has 1 aliphatic carbocycles. The van der Waals surface area contributed by atoms with E-state index in [1.165, 1.54) is 0 Å². The standard InChI is InChI=1S/C20H26N2O2/c1-3-22(4-2)19(15-9-6-5-7-10-15)20(23)21-17-11-8-12-18-16(17)13-14-24-18/h5-7,9-10,13-14,17,19H,3-4,8,11-12H2,1-2H3,(H,21,23)/t17-,19-/m0/s1. The van der Waals surface area contributed by atoms with Gasteiger partial charge in [0.25, 0.3) is 0 Å². The average Bonchev–Trinajstić information content (AvgIpc) is 3.10. The molecule has 1 N–H and O–H groups in total. The summed E-state index contributed by atoms with van der Waals surface area (Å²) in [7, 11) is 0. The average molecular weight is 326 g/mol. The van der Waals surface area contributed by atoms with Crippen LogP contribution in [0.2, 0.25) is 0 Å². The highest BCUT2D eigenvalue weighted by atomic mass is 16.3. The van der Waals surface area contributed by atoms with Gasteiger partial charge in [0.2, 0.25) is 5.91 Å². The summed E-state index contributed by atoms with van der Waals surface area (Å²) in [6.07, 6.45) is 4.71. The normalized spacial score (nSPS) is 18.2. The zero-order chi connectivity index (χ0) is 16.9. The van der Waals surface area contributed by atoms with E-state index in [0.29, 0.717) is 0 Å². The molecule has 0 bridgehead atoms. The second kappa shape index (κ2) is 7.67. The summed E-state index contributed by atoms with van der Waals surface area (Å²) < 4.78 is 5.54. The Morgan fingerprint density at radius 3 is 2.71 bits per heavy atom. The maximum atomic E-state index is 13.1. The fraction of sp³-hybridized carbons (Fsp3) is 0.450. The molecule has 24 heavy (non-hydrogen) atoms. The number of hydrogen-bond acceptors (Lipinski definition) is 3. The number of rotatable bonds is 6. The summed E-state index contributed by atoms with van der Waals surface area (Å²) in [5, 5.41) is 3.27. The molecule has 2 aromatic rings. The Morgan fingerprint density at radius 2 is 2.00 bits per heavy atom. The number of hydrogen-bond donors (Lipinski definition) is 1. The quantitative estimate of drug-likeness (QED) is 0.877. The number of carbonyl (C=O) groups excluding carboxylic acids is 1. The van der Waals surface area contributed by atoms with Gasteiger partial charge in [0.05, 0.1) is 12.3 Å². The van der Waals surface area contributed by atoms with E-state index >= 15 is 0 Å². The minimum absolute atomic E-state index is 0.0572. The lowest BCUT2D eigenvalue weighted by atomic mass is 9.92. The van der Waals surface area contributed by atoms with Crippen LogP contribution in [-0.2, 0) is 11.2 Å². The van der Waals surface area contributed by atoms with Crippen LogP contribution in [0, 0.1) is 0 Å². The van der Waals surface area contributed by atoms with E-state index in [1.54, 1.807) is 6.26 Å². The van der Waals surface area contributed by atoms with Crippen LogP contribution in [0.4, 0.5) is 0 Å². The summed E-state index contributed by atoms with van der Waals surface area (Å²) in [6, 6.07) is 11.8. The fourth-order valence-electron chi connectivity index (χ4n) is 3.64. The van der Waals surface area contributed by atoms with Crippen molar-refractivity contribution in [1.29, 1.82) is 0 Å². The summed E-state index contributed by atoms with van der Waals surface area (Å²) in [5.41, 5.74) is 2.18. The van der Waals surface area contributed by atoms with Gasteiger partial charge in [0.15, 0.2) is 0 Å². The molecule has 0 unspecified atom stereocenters. The second-order valence-electron chi connectivity index (χ2n) is 6.29. The first-order valence-electron chi connectivity index (χ1n) is 8.90. The van der Waals surface area contributed by atoms with E-state index in [1.807, 2.05) is 36.4 Å². The number of benzene rings is 1. The highest BCUT2D eigenvalue weighted by molar-refractivity contribution is 5.83. The van der Waals surface area contributed by atoms with Crippen molar-refractivity contribution in [2.24, 2.45) is 0 Å². The maximum absolute atomic E-state index is 13.1. The molecular formula is C20H26N2O2. The van der Waals surface area contributed by atoms with Crippen LogP contribution in [0.15, 0.2) is 47.1 Å². The van der Waals surface area contributed by atoms with Gasteiger partial charge in [-0.3, -0.25) is 9.69 Å².